The van der Waals surface area contributed by atoms with Gasteiger partial charge < -0.3 is 19.7 Å². The summed E-state index contributed by atoms with van der Waals surface area (Å²) in [5.41, 5.74) is 0.676. The fourth-order valence-corrected chi connectivity index (χ4v) is 3.71. The molecule has 1 aliphatic heterocycles. The molecule has 7 heteroatoms. The zero-order valence-electron chi connectivity index (χ0n) is 18.6. The van der Waals surface area contributed by atoms with Gasteiger partial charge in [-0.05, 0) is 58.4 Å². The van der Waals surface area contributed by atoms with E-state index in [0.717, 1.165) is 29.9 Å². The summed E-state index contributed by atoms with van der Waals surface area (Å²) in [5, 5.41) is 2.95. The zero-order chi connectivity index (χ0) is 21.6. The number of ether oxygens (including phenoxy) is 2. The summed E-state index contributed by atoms with van der Waals surface area (Å²) in [6, 6.07) is 5.64. The van der Waals surface area contributed by atoms with Gasteiger partial charge in [0.1, 0.15) is 11.5 Å². The second kappa shape index (κ2) is 9.96. The quantitative estimate of drug-likeness (QED) is 0.720. The molecule has 1 aromatic carbocycles. The number of carbonyl (C=O) groups is 2. The normalized spacial score (nSPS) is 16.8. The fraction of sp³-hybridized carbons (Fsp3) is 0.636. The van der Waals surface area contributed by atoms with Gasteiger partial charge in [-0.15, -0.1) is 0 Å². The van der Waals surface area contributed by atoms with Gasteiger partial charge in [-0.1, -0.05) is 6.92 Å². The summed E-state index contributed by atoms with van der Waals surface area (Å²) in [7, 11) is 3.27. The maximum absolute atomic E-state index is 13.1. The number of rotatable bonds is 8. The molecule has 1 atom stereocenters. The van der Waals surface area contributed by atoms with Crippen LogP contribution in [0.2, 0.25) is 0 Å². The molecule has 1 saturated heterocycles. The Balaban J connectivity index is 2.10. The van der Waals surface area contributed by atoms with Gasteiger partial charge in [0.15, 0.2) is 0 Å². The molecule has 2 rings (SSSR count). The van der Waals surface area contributed by atoms with Gasteiger partial charge in [-0.3, -0.25) is 14.5 Å². The lowest BCUT2D eigenvalue weighted by atomic mass is 10.0. The van der Waals surface area contributed by atoms with E-state index < -0.39 is 0 Å². The average Bonchev–Trinajstić information content (AvgIpc) is 3.15. The minimum absolute atomic E-state index is 0.0304. The third-order valence-corrected chi connectivity index (χ3v) is 5.06. The number of hydrogen-bond acceptors (Lipinski definition) is 5. The van der Waals surface area contributed by atoms with Gasteiger partial charge >= 0.3 is 0 Å². The van der Waals surface area contributed by atoms with E-state index in [1.165, 1.54) is 0 Å². The number of benzene rings is 1. The number of methoxy groups -OCH3 is 2. The molecule has 1 N–H and O–H groups in total. The highest BCUT2D eigenvalue weighted by Gasteiger charge is 2.33. The minimum Gasteiger partial charge on any atom is -0.497 e. The molecule has 0 aromatic heterocycles. The molecule has 2 amide bonds. The Morgan fingerprint density at radius 2 is 1.93 bits per heavy atom. The summed E-state index contributed by atoms with van der Waals surface area (Å²) in [6.45, 7) is 9.56. The molecule has 0 radical (unpaired) electrons. The van der Waals surface area contributed by atoms with Crippen LogP contribution in [0.3, 0.4) is 0 Å². The molecule has 0 spiro atoms. The molecule has 0 unspecified atom stereocenters. The topological polar surface area (TPSA) is 71.1 Å². The largest absolute Gasteiger partial charge is 0.497 e. The van der Waals surface area contributed by atoms with Crippen LogP contribution in [-0.2, 0) is 9.59 Å². The van der Waals surface area contributed by atoms with E-state index in [9.17, 15) is 9.59 Å². The van der Waals surface area contributed by atoms with Crippen molar-refractivity contribution in [3.05, 3.63) is 23.8 Å². The van der Waals surface area contributed by atoms with Gasteiger partial charge in [-0.2, -0.15) is 0 Å². The van der Waals surface area contributed by atoms with Crippen LogP contribution in [0.1, 0.15) is 52.1 Å². The van der Waals surface area contributed by atoms with Crippen molar-refractivity contribution in [3.8, 4) is 11.5 Å². The van der Waals surface area contributed by atoms with Gasteiger partial charge in [0.25, 0.3) is 0 Å². The number of hydrogen-bond donors (Lipinski definition) is 1. The molecule has 1 fully saturated rings. The van der Waals surface area contributed by atoms with Crippen LogP contribution < -0.4 is 14.8 Å². The maximum atomic E-state index is 13.1. The van der Waals surface area contributed by atoms with Crippen molar-refractivity contribution in [2.24, 2.45) is 0 Å². The molecule has 0 aliphatic carbocycles. The van der Waals surface area contributed by atoms with Crippen molar-refractivity contribution >= 4 is 11.8 Å². The monoisotopic (exact) mass is 405 g/mol. The molecule has 1 heterocycles. The first-order valence-corrected chi connectivity index (χ1v) is 10.2. The molecule has 1 aromatic rings. The van der Waals surface area contributed by atoms with E-state index in [2.05, 4.69) is 5.32 Å². The summed E-state index contributed by atoms with van der Waals surface area (Å²) in [4.78, 5) is 29.1. The highest BCUT2D eigenvalue weighted by molar-refractivity contribution is 5.82. The lowest BCUT2D eigenvalue weighted by molar-refractivity contribution is -0.134. The van der Waals surface area contributed by atoms with Gasteiger partial charge in [0.05, 0.1) is 33.4 Å². The predicted octanol–water partition coefficient (Wildman–Crippen LogP) is 2.60. The number of nitrogens with one attached hydrogen (secondary N) is 1. The third kappa shape index (κ3) is 6.35. The Labute approximate surface area is 174 Å². The molecule has 0 bridgehead atoms. The number of likely N-dealkylation sites (tertiary alicyclic amines) is 1. The summed E-state index contributed by atoms with van der Waals surface area (Å²) in [6.07, 6.45) is 1.82. The van der Waals surface area contributed by atoms with E-state index in [4.69, 9.17) is 9.47 Å². The summed E-state index contributed by atoms with van der Waals surface area (Å²) in [5.74, 6) is 1.46. The van der Waals surface area contributed by atoms with Crippen LogP contribution in [0.5, 0.6) is 11.5 Å². The lowest BCUT2D eigenvalue weighted by Crippen LogP contribution is -2.48. The van der Waals surface area contributed by atoms with Gasteiger partial charge in [0.2, 0.25) is 11.8 Å². The molecule has 0 saturated carbocycles. The highest BCUT2D eigenvalue weighted by Crippen LogP contribution is 2.38. The van der Waals surface area contributed by atoms with Crippen LogP contribution >= 0.6 is 0 Å². The smallest absolute Gasteiger partial charge is 0.237 e. The number of nitrogens with zero attached hydrogens (tertiary/aromatic N) is 2. The summed E-state index contributed by atoms with van der Waals surface area (Å²) < 4.78 is 10.9. The first-order chi connectivity index (χ1) is 13.7. The standard InChI is InChI=1S/C22H35N3O4/c1-7-24(14-20(26)23-22(2,3)4)15-21(27)25-12-8-9-18(25)17-13-16(28-5)10-11-19(17)29-6/h10-11,13,18H,7-9,12,14-15H2,1-6H3,(H,23,26)/t18-/m1/s1. The number of amides is 2. The zero-order valence-corrected chi connectivity index (χ0v) is 18.6. The van der Waals surface area contributed by atoms with Crippen molar-refractivity contribution in [2.45, 2.75) is 52.1 Å². The number of carbonyl (C=O) groups excluding carboxylic acids is 2. The Kier molecular flexibility index (Phi) is 7.90. The summed E-state index contributed by atoms with van der Waals surface area (Å²) >= 11 is 0. The lowest BCUT2D eigenvalue weighted by Gasteiger charge is -2.30. The molecule has 29 heavy (non-hydrogen) atoms. The molecule has 7 nitrogen and oxygen atoms in total. The van der Waals surface area contributed by atoms with Crippen molar-refractivity contribution in [1.82, 2.24) is 15.1 Å². The van der Waals surface area contributed by atoms with E-state index in [1.54, 1.807) is 14.2 Å². The Hall–Kier alpha value is -2.28. The van der Waals surface area contributed by atoms with E-state index >= 15 is 0 Å². The Bertz CT molecular complexity index is 714. The number of likely N-dealkylation sites (N-methyl/N-ethyl adjacent to an activating group) is 1. The Morgan fingerprint density at radius 3 is 2.52 bits per heavy atom. The maximum Gasteiger partial charge on any atom is 0.237 e. The van der Waals surface area contributed by atoms with Gasteiger partial charge in [0, 0.05) is 17.6 Å². The SMILES string of the molecule is CCN(CC(=O)NC(C)(C)C)CC(=O)N1CCC[C@@H]1c1cc(OC)ccc1OC. The second-order valence-corrected chi connectivity index (χ2v) is 8.45. The molecular weight excluding hydrogens is 370 g/mol. The second-order valence-electron chi connectivity index (χ2n) is 8.45. The van der Waals surface area contributed by atoms with Crippen molar-refractivity contribution in [1.29, 1.82) is 0 Å². The third-order valence-electron chi connectivity index (χ3n) is 5.06. The highest BCUT2D eigenvalue weighted by atomic mass is 16.5. The van der Waals surface area contributed by atoms with E-state index in [-0.39, 0.29) is 36.5 Å². The molecule has 162 valence electrons. The van der Waals surface area contributed by atoms with Gasteiger partial charge in [-0.25, -0.2) is 0 Å². The van der Waals surface area contributed by atoms with E-state index in [1.807, 2.05) is 55.7 Å². The fourth-order valence-electron chi connectivity index (χ4n) is 3.71. The van der Waals surface area contributed by atoms with Crippen molar-refractivity contribution in [2.75, 3.05) is 40.4 Å². The first-order valence-electron chi connectivity index (χ1n) is 10.2. The van der Waals surface area contributed by atoms with Crippen LogP contribution in [-0.4, -0.2) is 67.6 Å². The van der Waals surface area contributed by atoms with E-state index in [0.29, 0.717) is 13.1 Å². The molecular formula is C22H35N3O4. The van der Waals surface area contributed by atoms with Crippen LogP contribution in [0, 0.1) is 0 Å². The first kappa shape index (κ1) is 23.0. The van der Waals surface area contributed by atoms with Crippen molar-refractivity contribution < 1.29 is 19.1 Å². The Morgan fingerprint density at radius 1 is 1.21 bits per heavy atom. The average molecular weight is 406 g/mol. The minimum atomic E-state index is -0.288. The van der Waals surface area contributed by atoms with Crippen LogP contribution in [0.15, 0.2) is 18.2 Å². The predicted molar refractivity (Wildman–Crippen MR) is 113 cm³/mol. The van der Waals surface area contributed by atoms with Crippen LogP contribution in [0.25, 0.3) is 0 Å². The molecule has 1 aliphatic rings. The van der Waals surface area contributed by atoms with Crippen LogP contribution in [0.4, 0.5) is 0 Å². The van der Waals surface area contributed by atoms with Crippen molar-refractivity contribution in [3.63, 3.8) is 0 Å².